The minimum Gasteiger partial charge on any atom is -0.489 e. The Balaban J connectivity index is 1.22. The van der Waals surface area contributed by atoms with Crippen LogP contribution in [0.15, 0.2) is 76.6 Å². The van der Waals surface area contributed by atoms with Crippen molar-refractivity contribution in [3.8, 4) is 5.75 Å². The Morgan fingerprint density at radius 1 is 1.00 bits per heavy atom. The van der Waals surface area contributed by atoms with Crippen LogP contribution in [0, 0.1) is 45.5 Å². The van der Waals surface area contributed by atoms with E-state index in [2.05, 4.69) is 4.98 Å². The number of carbonyl (C=O) groups is 2. The molecular weight excluding hydrogens is 641 g/mol. The van der Waals surface area contributed by atoms with E-state index in [9.17, 15) is 28.9 Å². The average Bonchev–Trinajstić information content (AvgIpc) is 3.76. The number of nitrogens with zero attached hydrogens (tertiary/aromatic N) is 2. The van der Waals surface area contributed by atoms with Crippen molar-refractivity contribution in [1.82, 2.24) is 4.98 Å². The first-order chi connectivity index (χ1) is 21.7. The molecule has 3 aromatic carbocycles. The van der Waals surface area contributed by atoms with Gasteiger partial charge < -0.3 is 9.72 Å². The summed E-state index contributed by atoms with van der Waals surface area (Å²) in [5.41, 5.74) is 1.65. The smallest absolute Gasteiger partial charge is 0.305 e. The van der Waals surface area contributed by atoms with Gasteiger partial charge in [0, 0.05) is 38.8 Å². The Morgan fingerprint density at radius 2 is 1.71 bits per heavy atom. The molecule has 13 heteroatoms. The first-order valence-electron chi connectivity index (χ1n) is 14.4. The Labute approximate surface area is 268 Å². The largest absolute Gasteiger partial charge is 0.489 e. The first kappa shape index (κ1) is 28.5. The summed E-state index contributed by atoms with van der Waals surface area (Å²) >= 11 is 8.63. The Morgan fingerprint density at radius 3 is 2.42 bits per heavy atom. The number of ether oxygens (including phenoxy) is 1. The summed E-state index contributed by atoms with van der Waals surface area (Å²) in [5, 5.41) is 13.1. The maximum atomic E-state index is 14.0. The zero-order valence-electron chi connectivity index (χ0n) is 23.2. The van der Waals surface area contributed by atoms with Crippen LogP contribution in [0.1, 0.15) is 28.3 Å². The second-order valence-electron chi connectivity index (χ2n) is 11.8. The number of thioether (sulfide) groups is 1. The number of non-ortho nitro benzene ring substituents is 1. The molecule has 1 saturated heterocycles. The molecule has 45 heavy (non-hydrogen) atoms. The van der Waals surface area contributed by atoms with Crippen LogP contribution in [0.2, 0.25) is 5.02 Å². The monoisotopic (exact) mass is 663 g/mol. The van der Waals surface area contributed by atoms with Crippen LogP contribution in [0.5, 0.6) is 5.75 Å². The Bertz CT molecular complexity index is 1950. The summed E-state index contributed by atoms with van der Waals surface area (Å²) in [6.45, 7) is 0.185. The van der Waals surface area contributed by atoms with Gasteiger partial charge in [0.25, 0.3) is 5.69 Å². The highest BCUT2D eigenvalue weighted by molar-refractivity contribution is 8.00. The highest BCUT2D eigenvalue weighted by Crippen LogP contribution is 2.69. The molecule has 3 fully saturated rings. The molecule has 9 nitrogen and oxygen atoms in total. The molecule has 0 unspecified atom stereocenters. The lowest BCUT2D eigenvalue weighted by Gasteiger charge is -2.43. The number of nitro groups is 1. The number of rotatable bonds is 6. The van der Waals surface area contributed by atoms with E-state index in [0.29, 0.717) is 33.5 Å². The first-order valence-corrected chi connectivity index (χ1v) is 16.5. The van der Waals surface area contributed by atoms with Gasteiger partial charge in [0.2, 0.25) is 11.8 Å². The second kappa shape index (κ2) is 10.5. The quantitative estimate of drug-likeness (QED) is 0.144. The number of hydrogen-bond acceptors (Lipinski definition) is 8. The maximum absolute atomic E-state index is 14.0. The van der Waals surface area contributed by atoms with Gasteiger partial charge in [-0.05, 0) is 72.2 Å². The zero-order valence-corrected chi connectivity index (χ0v) is 25.6. The van der Waals surface area contributed by atoms with Crippen molar-refractivity contribution < 1.29 is 23.6 Å². The molecule has 2 bridgehead atoms. The van der Waals surface area contributed by atoms with Crippen LogP contribution in [0.3, 0.4) is 0 Å². The van der Waals surface area contributed by atoms with E-state index in [1.165, 1.54) is 53.1 Å². The molecule has 4 aliphatic rings. The number of thiazole rings is 1. The summed E-state index contributed by atoms with van der Waals surface area (Å²) in [6, 6.07) is 17.0. The molecule has 7 atom stereocenters. The standard InChI is InChI=1S/C32H23ClFN3O6S2/c33-15-3-1-14(2-4-15)13-43-22-10-9-18(37(41)42)11-19(22)23-24-20-12-21(27(24)44-29-28(23)45-32(40)35-29)26-25(20)30(38)36(31(26)39)17-7-5-16(34)6-8-17/h1-11,20-21,23-27H,12-13H2,(H,35,40)/t20-,21-,23+,24+,25+,26+,27-/m1/s1. The highest BCUT2D eigenvalue weighted by atomic mass is 35.5. The molecule has 1 N–H and O–H groups in total. The molecule has 2 aliphatic carbocycles. The predicted octanol–water partition coefficient (Wildman–Crippen LogP) is 6.39. The van der Waals surface area contributed by atoms with Crippen molar-refractivity contribution in [1.29, 1.82) is 0 Å². The average molecular weight is 664 g/mol. The summed E-state index contributed by atoms with van der Waals surface area (Å²) in [4.78, 5) is 56.6. The summed E-state index contributed by atoms with van der Waals surface area (Å²) in [5.74, 6) is -2.74. The number of fused-ring (bicyclic) bond motifs is 9. The number of halogens is 2. The number of hydrogen-bond donors (Lipinski definition) is 1. The fraction of sp³-hybridized carbons (Fsp3) is 0.281. The molecule has 8 rings (SSSR count). The molecule has 0 spiro atoms. The van der Waals surface area contributed by atoms with Gasteiger partial charge in [0.1, 0.15) is 18.2 Å². The molecule has 2 amide bonds. The number of nitro benzene ring substituents is 1. The van der Waals surface area contributed by atoms with Crippen molar-refractivity contribution in [2.24, 2.45) is 29.6 Å². The third kappa shape index (κ3) is 4.44. The number of benzene rings is 3. The van der Waals surface area contributed by atoms with Gasteiger partial charge in [0.15, 0.2) is 0 Å². The number of aromatic amines is 1. The van der Waals surface area contributed by atoms with E-state index in [0.717, 1.165) is 21.8 Å². The van der Waals surface area contributed by atoms with Crippen LogP contribution in [0.25, 0.3) is 0 Å². The molecule has 2 aliphatic heterocycles. The van der Waals surface area contributed by atoms with Gasteiger partial charge in [-0.3, -0.25) is 29.4 Å². The number of nitrogens with one attached hydrogen (secondary N) is 1. The van der Waals surface area contributed by atoms with Gasteiger partial charge in [0.05, 0.1) is 27.5 Å². The van der Waals surface area contributed by atoms with Crippen LogP contribution in [-0.2, 0) is 16.2 Å². The van der Waals surface area contributed by atoms with Crippen LogP contribution in [-0.4, -0.2) is 27.0 Å². The van der Waals surface area contributed by atoms with Gasteiger partial charge in [-0.25, -0.2) is 4.39 Å². The third-order valence-electron chi connectivity index (χ3n) is 9.66. The molecule has 1 aromatic heterocycles. The van der Waals surface area contributed by atoms with E-state index in [1.54, 1.807) is 18.2 Å². The number of amides is 2. The van der Waals surface area contributed by atoms with Gasteiger partial charge in [-0.15, -0.1) is 11.8 Å². The van der Waals surface area contributed by atoms with Crippen LogP contribution >= 0.6 is 34.7 Å². The molecule has 3 heterocycles. The zero-order chi connectivity index (χ0) is 31.1. The fourth-order valence-electron chi connectivity index (χ4n) is 7.98. The van der Waals surface area contributed by atoms with E-state index >= 15 is 0 Å². The van der Waals surface area contributed by atoms with Gasteiger partial charge in [-0.1, -0.05) is 35.1 Å². The summed E-state index contributed by atoms with van der Waals surface area (Å²) < 4.78 is 20.0. The fourth-order valence-corrected chi connectivity index (χ4v) is 11.0. The second-order valence-corrected chi connectivity index (χ2v) is 14.5. The van der Waals surface area contributed by atoms with Crippen molar-refractivity contribution in [3.63, 3.8) is 0 Å². The molecule has 2 saturated carbocycles. The third-order valence-corrected chi connectivity index (χ3v) is 12.5. The summed E-state index contributed by atoms with van der Waals surface area (Å²) in [6.07, 6.45) is 0.651. The minimum atomic E-state index is -0.578. The van der Waals surface area contributed by atoms with Gasteiger partial charge in [-0.2, -0.15) is 0 Å². The number of H-pyrrole nitrogens is 1. The Kier molecular flexibility index (Phi) is 6.66. The van der Waals surface area contributed by atoms with Crippen LogP contribution < -0.4 is 14.5 Å². The predicted molar refractivity (Wildman–Crippen MR) is 166 cm³/mol. The molecule has 4 aromatic rings. The van der Waals surface area contributed by atoms with Crippen LogP contribution in [0.4, 0.5) is 15.8 Å². The lowest BCUT2D eigenvalue weighted by atomic mass is 9.68. The summed E-state index contributed by atoms with van der Waals surface area (Å²) in [7, 11) is 0. The lowest BCUT2D eigenvalue weighted by molar-refractivity contribution is -0.385. The topological polar surface area (TPSA) is 123 Å². The number of imide groups is 1. The number of aromatic nitrogens is 1. The molecule has 228 valence electrons. The van der Waals surface area contributed by atoms with E-state index < -0.39 is 28.5 Å². The molecule has 0 radical (unpaired) electrons. The minimum absolute atomic E-state index is 0.112. The number of anilines is 1. The highest BCUT2D eigenvalue weighted by Gasteiger charge is 2.70. The molecular formula is C32H23ClFN3O6S2. The van der Waals surface area contributed by atoms with Crippen molar-refractivity contribution in [2.75, 3.05) is 4.90 Å². The SMILES string of the molecule is O=C1[C@H]2[C@H]3C[C@@H]([C@@H]2C(=O)N1c1ccc(F)cc1)[C@H]1[C@H](c2cc([N+](=O)[O-])ccc2OCc2ccc(Cl)cc2)c2sc(=O)[nH]c2S[C@H]31. The van der Waals surface area contributed by atoms with Crippen molar-refractivity contribution in [3.05, 3.63) is 113 Å². The maximum Gasteiger partial charge on any atom is 0.305 e. The van der Waals surface area contributed by atoms with Crippen molar-refractivity contribution >= 4 is 57.9 Å². The van der Waals surface area contributed by atoms with E-state index in [1.807, 2.05) is 12.1 Å². The van der Waals surface area contributed by atoms with E-state index in [-0.39, 0.29) is 52.0 Å². The Hall–Kier alpha value is -4.00. The van der Waals surface area contributed by atoms with Gasteiger partial charge >= 0.3 is 4.87 Å². The van der Waals surface area contributed by atoms with Crippen molar-refractivity contribution in [2.45, 2.75) is 29.2 Å². The lowest BCUT2D eigenvalue weighted by Crippen LogP contribution is -2.42. The van der Waals surface area contributed by atoms with E-state index in [4.69, 9.17) is 16.3 Å². The number of carbonyl (C=O) groups excluding carboxylic acids is 2. The normalized spacial score (nSPS) is 27.8.